The number of nitrogens with one attached hydrogen (secondary N) is 1. The van der Waals surface area contributed by atoms with Crippen molar-refractivity contribution in [2.75, 3.05) is 14.2 Å². The maximum Gasteiger partial charge on any atom is 0.188 e. The summed E-state index contributed by atoms with van der Waals surface area (Å²) >= 11 is 5.12. The van der Waals surface area contributed by atoms with E-state index in [1.807, 2.05) is 7.05 Å². The van der Waals surface area contributed by atoms with Crippen LogP contribution in [0.25, 0.3) is 0 Å². The number of thiophene rings is 1. The Kier molecular flexibility index (Phi) is 3.38. The molecule has 0 fully saturated rings. The van der Waals surface area contributed by atoms with Crippen molar-refractivity contribution in [1.29, 1.82) is 0 Å². The zero-order chi connectivity index (χ0) is 10.1. The fraction of sp³-hybridized carbons (Fsp3) is 0.556. The van der Waals surface area contributed by atoms with Crippen LogP contribution in [0.2, 0.25) is 0 Å². The second-order valence-corrected chi connectivity index (χ2v) is 5.19. The first-order chi connectivity index (χ1) is 6.01. The second-order valence-electron chi connectivity index (χ2n) is 3.33. The Morgan fingerprint density at radius 3 is 2.54 bits per heavy atom. The Hall–Kier alpha value is -0.0600. The monoisotopic (exact) mass is 263 g/mol. The predicted octanol–water partition coefficient (Wildman–Crippen LogP) is 2.97. The summed E-state index contributed by atoms with van der Waals surface area (Å²) in [5, 5.41) is 4.19. The van der Waals surface area contributed by atoms with Crippen LogP contribution in [0, 0.1) is 0 Å². The van der Waals surface area contributed by atoms with Crippen LogP contribution in [0.5, 0.6) is 5.06 Å². The molecule has 4 heteroatoms. The lowest BCUT2D eigenvalue weighted by atomic mass is 10.0. The van der Waals surface area contributed by atoms with E-state index in [4.69, 9.17) is 4.74 Å². The predicted molar refractivity (Wildman–Crippen MR) is 60.7 cm³/mol. The van der Waals surface area contributed by atoms with Gasteiger partial charge in [0.2, 0.25) is 0 Å². The minimum absolute atomic E-state index is 0.00394. The molecule has 0 atom stereocenters. The minimum atomic E-state index is 0.00394. The standard InChI is InChI=1S/C9H14BrNOS/c1-9(2,11-3)7-5-6(10)8(12-4)13-7/h5,11H,1-4H3. The number of hydrogen-bond acceptors (Lipinski definition) is 3. The van der Waals surface area contributed by atoms with Crippen molar-refractivity contribution in [2.24, 2.45) is 0 Å². The SMILES string of the molecule is CNC(C)(C)c1cc(Br)c(OC)s1. The van der Waals surface area contributed by atoms with Crippen molar-refractivity contribution >= 4 is 27.3 Å². The molecule has 2 nitrogen and oxygen atoms in total. The summed E-state index contributed by atoms with van der Waals surface area (Å²) in [5.41, 5.74) is 0.00394. The molecule has 0 unspecified atom stereocenters. The molecule has 1 aromatic rings. The zero-order valence-corrected chi connectivity index (χ0v) is 10.7. The van der Waals surface area contributed by atoms with Crippen molar-refractivity contribution in [3.8, 4) is 5.06 Å². The van der Waals surface area contributed by atoms with Gasteiger partial charge in [0, 0.05) is 10.4 Å². The van der Waals surface area contributed by atoms with Crippen LogP contribution in [0.15, 0.2) is 10.5 Å². The van der Waals surface area contributed by atoms with Gasteiger partial charge in [-0.25, -0.2) is 0 Å². The van der Waals surface area contributed by atoms with Gasteiger partial charge in [-0.05, 0) is 42.9 Å². The number of methoxy groups -OCH3 is 1. The maximum atomic E-state index is 5.21. The molecule has 0 radical (unpaired) electrons. The molecule has 1 N–H and O–H groups in total. The van der Waals surface area contributed by atoms with Crippen molar-refractivity contribution in [3.63, 3.8) is 0 Å². The van der Waals surface area contributed by atoms with Gasteiger partial charge < -0.3 is 10.1 Å². The van der Waals surface area contributed by atoms with Gasteiger partial charge >= 0.3 is 0 Å². The molecule has 0 aliphatic rings. The Balaban J connectivity index is 3.03. The molecule has 0 bridgehead atoms. The van der Waals surface area contributed by atoms with E-state index in [0.717, 1.165) is 9.54 Å². The normalized spacial score (nSPS) is 11.8. The average molecular weight is 264 g/mol. The molecule has 0 aliphatic heterocycles. The van der Waals surface area contributed by atoms with E-state index in [1.165, 1.54) is 4.88 Å². The molecule has 0 aliphatic carbocycles. The van der Waals surface area contributed by atoms with E-state index in [-0.39, 0.29) is 5.54 Å². The van der Waals surface area contributed by atoms with Crippen LogP contribution in [0.3, 0.4) is 0 Å². The van der Waals surface area contributed by atoms with E-state index >= 15 is 0 Å². The first-order valence-electron chi connectivity index (χ1n) is 4.04. The van der Waals surface area contributed by atoms with Crippen molar-refractivity contribution < 1.29 is 4.74 Å². The quantitative estimate of drug-likeness (QED) is 0.906. The summed E-state index contributed by atoms with van der Waals surface area (Å²) in [7, 11) is 3.65. The lowest BCUT2D eigenvalue weighted by molar-refractivity contribution is 0.424. The summed E-state index contributed by atoms with van der Waals surface area (Å²) in [6.07, 6.45) is 0. The highest BCUT2D eigenvalue weighted by molar-refractivity contribution is 9.10. The lowest BCUT2D eigenvalue weighted by Gasteiger charge is -2.21. The smallest absolute Gasteiger partial charge is 0.188 e. The number of halogens is 1. The zero-order valence-electron chi connectivity index (χ0n) is 8.27. The van der Waals surface area contributed by atoms with Gasteiger partial charge in [-0.1, -0.05) is 0 Å². The molecule has 0 aromatic carbocycles. The summed E-state index contributed by atoms with van der Waals surface area (Å²) in [5.74, 6) is 0. The Morgan fingerprint density at radius 1 is 1.54 bits per heavy atom. The highest BCUT2D eigenvalue weighted by Gasteiger charge is 2.22. The molecule has 0 amide bonds. The maximum absolute atomic E-state index is 5.21. The summed E-state index contributed by atoms with van der Waals surface area (Å²) in [6.45, 7) is 4.29. The average Bonchev–Trinajstić information content (AvgIpc) is 2.47. The van der Waals surface area contributed by atoms with Crippen LogP contribution in [-0.4, -0.2) is 14.2 Å². The molecule has 13 heavy (non-hydrogen) atoms. The fourth-order valence-electron chi connectivity index (χ4n) is 0.922. The summed E-state index contributed by atoms with van der Waals surface area (Å²) in [6, 6.07) is 2.10. The molecular weight excluding hydrogens is 250 g/mol. The Bertz CT molecular complexity index is 296. The Morgan fingerprint density at radius 2 is 2.15 bits per heavy atom. The van der Waals surface area contributed by atoms with Crippen LogP contribution in [0.1, 0.15) is 18.7 Å². The van der Waals surface area contributed by atoms with E-state index in [0.29, 0.717) is 0 Å². The topological polar surface area (TPSA) is 21.3 Å². The minimum Gasteiger partial charge on any atom is -0.486 e. The number of hydrogen-bond donors (Lipinski definition) is 1. The van der Waals surface area contributed by atoms with Gasteiger partial charge in [0.25, 0.3) is 0 Å². The van der Waals surface area contributed by atoms with Gasteiger partial charge in [0.1, 0.15) is 0 Å². The third kappa shape index (κ3) is 2.24. The fourth-order valence-corrected chi connectivity index (χ4v) is 2.68. The third-order valence-corrected chi connectivity index (χ3v) is 4.35. The largest absolute Gasteiger partial charge is 0.486 e. The van der Waals surface area contributed by atoms with E-state index in [2.05, 4.69) is 41.2 Å². The van der Waals surface area contributed by atoms with E-state index < -0.39 is 0 Å². The van der Waals surface area contributed by atoms with Gasteiger partial charge in [-0.3, -0.25) is 0 Å². The van der Waals surface area contributed by atoms with Crippen LogP contribution in [0.4, 0.5) is 0 Å². The van der Waals surface area contributed by atoms with Crippen molar-refractivity contribution in [3.05, 3.63) is 15.4 Å². The lowest BCUT2D eigenvalue weighted by Crippen LogP contribution is -2.31. The first-order valence-corrected chi connectivity index (χ1v) is 5.65. The van der Waals surface area contributed by atoms with Crippen LogP contribution < -0.4 is 10.1 Å². The summed E-state index contributed by atoms with van der Waals surface area (Å²) < 4.78 is 6.24. The molecule has 1 aromatic heterocycles. The molecular formula is C9H14BrNOS. The Labute approximate surface area is 91.4 Å². The van der Waals surface area contributed by atoms with Gasteiger partial charge in [-0.15, -0.1) is 11.3 Å². The van der Waals surface area contributed by atoms with Crippen molar-refractivity contribution in [2.45, 2.75) is 19.4 Å². The molecule has 0 spiro atoms. The van der Waals surface area contributed by atoms with E-state index in [9.17, 15) is 0 Å². The van der Waals surface area contributed by atoms with Gasteiger partial charge in [0.05, 0.1) is 11.6 Å². The second kappa shape index (κ2) is 3.98. The third-order valence-electron chi connectivity index (χ3n) is 2.08. The van der Waals surface area contributed by atoms with Gasteiger partial charge in [-0.2, -0.15) is 0 Å². The van der Waals surface area contributed by atoms with Crippen LogP contribution in [-0.2, 0) is 5.54 Å². The molecule has 0 saturated carbocycles. The van der Waals surface area contributed by atoms with E-state index in [1.54, 1.807) is 18.4 Å². The summed E-state index contributed by atoms with van der Waals surface area (Å²) in [4.78, 5) is 1.26. The van der Waals surface area contributed by atoms with Gasteiger partial charge in [0.15, 0.2) is 5.06 Å². The van der Waals surface area contributed by atoms with Crippen LogP contribution >= 0.6 is 27.3 Å². The van der Waals surface area contributed by atoms with Crippen molar-refractivity contribution in [1.82, 2.24) is 5.32 Å². The molecule has 1 rings (SSSR count). The molecule has 0 saturated heterocycles. The first kappa shape index (κ1) is 11.0. The number of ether oxygens (including phenoxy) is 1. The molecule has 74 valence electrons. The number of rotatable bonds is 3. The highest BCUT2D eigenvalue weighted by atomic mass is 79.9. The molecule has 1 heterocycles. The highest BCUT2D eigenvalue weighted by Crippen LogP contribution is 2.39.